The van der Waals surface area contributed by atoms with Crippen LogP contribution in [-0.2, 0) is 16.2 Å². The topological polar surface area (TPSA) is 84.9 Å². The van der Waals surface area contributed by atoms with Crippen LogP contribution in [0.4, 0.5) is 14.9 Å². The average molecular weight is 543 g/mol. The fourth-order valence-corrected chi connectivity index (χ4v) is 4.12. The molecule has 4 amide bonds. The van der Waals surface area contributed by atoms with Gasteiger partial charge in [-0.15, -0.1) is 0 Å². The van der Waals surface area contributed by atoms with E-state index in [0.717, 1.165) is 10.5 Å². The number of amides is 4. The number of hydrogen-bond acceptors (Lipinski definition) is 5. The highest BCUT2D eigenvalue weighted by Crippen LogP contribution is 2.38. The van der Waals surface area contributed by atoms with Gasteiger partial charge in [0.1, 0.15) is 18.0 Å². The number of urea groups is 1. The first-order valence-corrected chi connectivity index (χ1v) is 11.9. The van der Waals surface area contributed by atoms with E-state index in [2.05, 4.69) is 5.32 Å². The fourth-order valence-electron chi connectivity index (χ4n) is 3.68. The number of barbiturate groups is 1. The van der Waals surface area contributed by atoms with Crippen LogP contribution in [0.2, 0.25) is 10.0 Å². The molecule has 1 fully saturated rings. The monoisotopic (exact) mass is 542 g/mol. The third-order valence-corrected chi connectivity index (χ3v) is 5.97. The van der Waals surface area contributed by atoms with Gasteiger partial charge in [-0.3, -0.25) is 14.9 Å². The van der Waals surface area contributed by atoms with Gasteiger partial charge in [0.25, 0.3) is 11.8 Å². The third-order valence-electron chi connectivity index (χ3n) is 5.45. The predicted molar refractivity (Wildman–Crippen MR) is 139 cm³/mol. The Hall–Kier alpha value is -3.88. The summed E-state index contributed by atoms with van der Waals surface area (Å²) >= 11 is 12.5. The molecule has 1 aliphatic rings. The first-order chi connectivity index (χ1) is 17.7. The first kappa shape index (κ1) is 26.2. The molecule has 190 valence electrons. The van der Waals surface area contributed by atoms with Crippen molar-refractivity contribution in [2.24, 2.45) is 0 Å². The number of nitrogens with one attached hydrogen (secondary N) is 1. The molecule has 10 heteroatoms. The van der Waals surface area contributed by atoms with Crippen LogP contribution in [0.1, 0.15) is 23.6 Å². The molecule has 0 aromatic heterocycles. The van der Waals surface area contributed by atoms with Crippen molar-refractivity contribution in [2.45, 2.75) is 20.5 Å². The van der Waals surface area contributed by atoms with Crippen molar-refractivity contribution >= 4 is 52.8 Å². The third kappa shape index (κ3) is 5.76. The highest BCUT2D eigenvalue weighted by molar-refractivity contribution is 6.40. The summed E-state index contributed by atoms with van der Waals surface area (Å²) in [7, 11) is 0. The maximum absolute atomic E-state index is 13.3. The number of rotatable bonds is 7. The number of hydrogen-bond donors (Lipinski definition) is 1. The highest BCUT2D eigenvalue weighted by Gasteiger charge is 2.37. The van der Waals surface area contributed by atoms with E-state index >= 15 is 0 Å². The molecule has 3 aromatic carbocycles. The highest BCUT2D eigenvalue weighted by atomic mass is 35.5. The van der Waals surface area contributed by atoms with E-state index in [-0.39, 0.29) is 40.2 Å². The number of ether oxygens (including phenoxy) is 2. The lowest BCUT2D eigenvalue weighted by Crippen LogP contribution is -2.54. The first-order valence-electron chi connectivity index (χ1n) is 11.2. The largest absolute Gasteiger partial charge is 0.490 e. The molecule has 0 bridgehead atoms. The average Bonchev–Trinajstić information content (AvgIpc) is 2.84. The minimum absolute atomic E-state index is 0.109. The van der Waals surface area contributed by atoms with Gasteiger partial charge in [-0.1, -0.05) is 41.4 Å². The van der Waals surface area contributed by atoms with E-state index in [4.69, 9.17) is 32.7 Å². The van der Waals surface area contributed by atoms with Gasteiger partial charge in [-0.05, 0) is 73.0 Å². The standard InChI is InChI=1S/C27H21Cl2FN2O5/c1-3-36-23-12-17(11-21(29)24(23)37-14-16-5-8-19(30)9-6-16)10-20-25(33)31-27(35)32(26(20)34)22-13-18(28)7-4-15(22)2/h4-13H,3,14H2,1-2H3,(H,31,33,35)/b20-10+. The zero-order chi connectivity index (χ0) is 26.7. The summed E-state index contributed by atoms with van der Waals surface area (Å²) in [5, 5.41) is 2.68. The molecule has 1 aliphatic heterocycles. The second kappa shape index (κ2) is 11.0. The molecule has 4 rings (SSSR count). The number of carbonyl (C=O) groups excluding carboxylic acids is 3. The molecule has 1 heterocycles. The van der Waals surface area contributed by atoms with Crippen LogP contribution in [0.5, 0.6) is 11.5 Å². The Kier molecular flexibility index (Phi) is 7.80. The lowest BCUT2D eigenvalue weighted by Gasteiger charge is -2.27. The molecule has 0 atom stereocenters. The number of imide groups is 2. The lowest BCUT2D eigenvalue weighted by atomic mass is 10.1. The Labute approximate surface area is 222 Å². The molecule has 0 unspecified atom stereocenters. The number of carbonyl (C=O) groups is 3. The van der Waals surface area contributed by atoms with Crippen molar-refractivity contribution in [3.8, 4) is 11.5 Å². The Morgan fingerprint density at radius 3 is 2.43 bits per heavy atom. The number of aryl methyl sites for hydroxylation is 1. The molecule has 0 radical (unpaired) electrons. The lowest BCUT2D eigenvalue weighted by molar-refractivity contribution is -0.122. The number of anilines is 1. The van der Waals surface area contributed by atoms with Crippen molar-refractivity contribution < 1.29 is 28.2 Å². The minimum atomic E-state index is -0.880. The van der Waals surface area contributed by atoms with E-state index in [1.54, 1.807) is 44.2 Å². The summed E-state index contributed by atoms with van der Waals surface area (Å²) in [5.41, 5.74) is 1.68. The number of benzene rings is 3. The quantitative estimate of drug-likeness (QED) is 0.288. The molecule has 7 nitrogen and oxygen atoms in total. The fraction of sp³-hybridized carbons (Fsp3) is 0.148. The Bertz CT molecular complexity index is 1420. The Morgan fingerprint density at radius 2 is 1.73 bits per heavy atom. The summed E-state index contributed by atoms with van der Waals surface area (Å²) in [6.07, 6.45) is 1.31. The molecule has 0 saturated carbocycles. The van der Waals surface area contributed by atoms with Gasteiger partial charge >= 0.3 is 6.03 Å². The molecule has 0 aliphatic carbocycles. The normalized spacial score (nSPS) is 14.7. The predicted octanol–water partition coefficient (Wildman–Crippen LogP) is 6.09. The summed E-state index contributed by atoms with van der Waals surface area (Å²) < 4.78 is 24.7. The summed E-state index contributed by atoms with van der Waals surface area (Å²) in [5.74, 6) is -1.49. The Balaban J connectivity index is 1.67. The van der Waals surface area contributed by atoms with Gasteiger partial charge in [0.15, 0.2) is 11.5 Å². The van der Waals surface area contributed by atoms with Crippen molar-refractivity contribution in [3.63, 3.8) is 0 Å². The SMILES string of the molecule is CCOc1cc(/C=C2\C(=O)NC(=O)N(c3cc(Cl)ccc3C)C2=O)cc(Cl)c1OCc1ccc(F)cc1. The van der Waals surface area contributed by atoms with Crippen molar-refractivity contribution in [3.05, 3.63) is 92.7 Å². The second-order valence-electron chi connectivity index (χ2n) is 8.07. The van der Waals surface area contributed by atoms with Gasteiger partial charge < -0.3 is 9.47 Å². The molecule has 37 heavy (non-hydrogen) atoms. The summed E-state index contributed by atoms with van der Waals surface area (Å²) in [4.78, 5) is 39.3. The second-order valence-corrected chi connectivity index (χ2v) is 8.91. The minimum Gasteiger partial charge on any atom is -0.490 e. The number of halogens is 3. The summed E-state index contributed by atoms with van der Waals surface area (Å²) in [6, 6.07) is 12.8. The van der Waals surface area contributed by atoms with Crippen LogP contribution >= 0.6 is 23.2 Å². The van der Waals surface area contributed by atoms with Crippen LogP contribution in [-0.4, -0.2) is 24.5 Å². The molecular formula is C27H21Cl2FN2O5. The van der Waals surface area contributed by atoms with Gasteiger partial charge in [0.2, 0.25) is 0 Å². The molecule has 0 spiro atoms. The van der Waals surface area contributed by atoms with E-state index < -0.39 is 17.8 Å². The molecule has 3 aromatic rings. The van der Waals surface area contributed by atoms with Gasteiger partial charge in [-0.2, -0.15) is 0 Å². The van der Waals surface area contributed by atoms with Gasteiger partial charge in [-0.25, -0.2) is 14.1 Å². The summed E-state index contributed by atoms with van der Waals surface area (Å²) in [6.45, 7) is 3.89. The van der Waals surface area contributed by atoms with Crippen LogP contribution < -0.4 is 19.7 Å². The van der Waals surface area contributed by atoms with Crippen molar-refractivity contribution in [2.75, 3.05) is 11.5 Å². The zero-order valence-electron chi connectivity index (χ0n) is 19.8. The smallest absolute Gasteiger partial charge is 0.335 e. The van der Waals surface area contributed by atoms with Crippen LogP contribution in [0.25, 0.3) is 6.08 Å². The maximum atomic E-state index is 13.3. The molecular weight excluding hydrogens is 522 g/mol. The maximum Gasteiger partial charge on any atom is 0.335 e. The van der Waals surface area contributed by atoms with Crippen LogP contribution in [0, 0.1) is 12.7 Å². The van der Waals surface area contributed by atoms with Gasteiger partial charge in [0, 0.05) is 5.02 Å². The van der Waals surface area contributed by atoms with E-state index in [9.17, 15) is 18.8 Å². The van der Waals surface area contributed by atoms with Crippen molar-refractivity contribution in [1.29, 1.82) is 0 Å². The Morgan fingerprint density at radius 1 is 1.00 bits per heavy atom. The van der Waals surface area contributed by atoms with E-state index in [1.807, 2.05) is 0 Å². The number of nitrogens with zero attached hydrogens (tertiary/aromatic N) is 1. The zero-order valence-corrected chi connectivity index (χ0v) is 21.3. The van der Waals surface area contributed by atoms with Gasteiger partial charge in [0.05, 0.1) is 17.3 Å². The van der Waals surface area contributed by atoms with E-state index in [0.29, 0.717) is 22.8 Å². The molecule has 1 N–H and O–H groups in total. The molecule has 1 saturated heterocycles. The van der Waals surface area contributed by atoms with Crippen molar-refractivity contribution in [1.82, 2.24) is 5.32 Å². The van der Waals surface area contributed by atoms with Crippen LogP contribution in [0.3, 0.4) is 0 Å². The van der Waals surface area contributed by atoms with E-state index in [1.165, 1.54) is 30.3 Å². The van der Waals surface area contributed by atoms with Crippen LogP contribution in [0.15, 0.2) is 60.2 Å².